The second-order valence-electron chi connectivity index (χ2n) is 6.48. The van der Waals surface area contributed by atoms with Gasteiger partial charge in [-0.15, -0.1) is 0 Å². The molecule has 0 radical (unpaired) electrons. The predicted molar refractivity (Wildman–Crippen MR) is 120 cm³/mol. The molecule has 1 amide bonds. The third-order valence-electron chi connectivity index (χ3n) is 4.42. The van der Waals surface area contributed by atoms with Gasteiger partial charge in [-0.3, -0.25) is 9.10 Å². The quantitative estimate of drug-likeness (QED) is 0.441. The van der Waals surface area contributed by atoms with Crippen LogP contribution in [0.15, 0.2) is 47.6 Å². The van der Waals surface area contributed by atoms with Gasteiger partial charge in [0, 0.05) is 5.56 Å². The summed E-state index contributed by atoms with van der Waals surface area (Å²) in [6.07, 6.45) is 1.57. The van der Waals surface area contributed by atoms with Crippen LogP contribution in [0.25, 0.3) is 0 Å². The van der Waals surface area contributed by atoms with Crippen LogP contribution in [0.4, 0.5) is 5.69 Å². The molecule has 168 valence electrons. The first-order chi connectivity index (χ1) is 14.7. The number of carbonyl (C=O) groups is 1. The first kappa shape index (κ1) is 24.0. The van der Waals surface area contributed by atoms with Gasteiger partial charge in [0.1, 0.15) is 12.3 Å². The molecule has 0 fully saturated rings. The van der Waals surface area contributed by atoms with Crippen molar-refractivity contribution < 1.29 is 27.4 Å². The largest absolute Gasteiger partial charge is 0.497 e. The van der Waals surface area contributed by atoms with E-state index in [-0.39, 0.29) is 0 Å². The Bertz CT molecular complexity index is 1040. The number of methoxy groups -OCH3 is 3. The Morgan fingerprint density at radius 1 is 1.00 bits per heavy atom. The molecule has 2 aromatic carbocycles. The average Bonchev–Trinajstić information content (AvgIpc) is 2.77. The standard InChI is InChI=1S/C21H27N3O6S/c1-6-18(15-7-12-19(29-3)20(13-15)30-4)22-23-21(25)14-24(31(5,26)27)16-8-10-17(28-2)11-9-16/h7-13H,6,14H2,1-5H3,(H,23,25)/b22-18-. The zero-order chi connectivity index (χ0) is 23.0. The number of hydrogen-bond acceptors (Lipinski definition) is 7. The second-order valence-corrected chi connectivity index (χ2v) is 8.39. The number of anilines is 1. The van der Waals surface area contributed by atoms with Crippen molar-refractivity contribution in [2.75, 3.05) is 38.4 Å². The normalized spacial score (nSPS) is 11.6. The maximum Gasteiger partial charge on any atom is 0.260 e. The van der Waals surface area contributed by atoms with Crippen molar-refractivity contribution in [3.05, 3.63) is 48.0 Å². The highest BCUT2D eigenvalue weighted by molar-refractivity contribution is 7.92. The van der Waals surface area contributed by atoms with E-state index in [1.54, 1.807) is 49.6 Å². The molecule has 0 bridgehead atoms. The molecule has 2 rings (SSSR count). The van der Waals surface area contributed by atoms with Crippen LogP contribution in [0.1, 0.15) is 18.9 Å². The Hall–Kier alpha value is -3.27. The highest BCUT2D eigenvalue weighted by Crippen LogP contribution is 2.28. The van der Waals surface area contributed by atoms with E-state index in [9.17, 15) is 13.2 Å². The first-order valence-corrected chi connectivity index (χ1v) is 11.3. The summed E-state index contributed by atoms with van der Waals surface area (Å²) in [6, 6.07) is 11.7. The van der Waals surface area contributed by atoms with Crippen molar-refractivity contribution in [1.29, 1.82) is 0 Å². The SMILES string of the molecule is CC/C(=N/NC(=O)CN(c1ccc(OC)cc1)S(C)(=O)=O)c1ccc(OC)c(OC)c1. The van der Waals surface area contributed by atoms with Gasteiger partial charge in [0.15, 0.2) is 11.5 Å². The molecule has 0 aromatic heterocycles. The summed E-state index contributed by atoms with van der Waals surface area (Å²) in [5.41, 5.74) is 4.13. The lowest BCUT2D eigenvalue weighted by Gasteiger charge is -2.21. The van der Waals surface area contributed by atoms with E-state index >= 15 is 0 Å². The third kappa shape index (κ3) is 6.35. The number of ether oxygens (including phenoxy) is 3. The van der Waals surface area contributed by atoms with Gasteiger partial charge in [-0.05, 0) is 48.9 Å². The third-order valence-corrected chi connectivity index (χ3v) is 5.56. The second kappa shape index (κ2) is 10.7. The summed E-state index contributed by atoms with van der Waals surface area (Å²) < 4.78 is 41.1. The zero-order valence-electron chi connectivity index (χ0n) is 18.2. The fraction of sp³-hybridized carbons (Fsp3) is 0.333. The van der Waals surface area contributed by atoms with Crippen molar-refractivity contribution in [2.45, 2.75) is 13.3 Å². The molecule has 0 aliphatic carbocycles. The molecule has 2 aromatic rings. The summed E-state index contributed by atoms with van der Waals surface area (Å²) in [5.74, 6) is 1.12. The number of nitrogens with one attached hydrogen (secondary N) is 1. The molecule has 0 saturated carbocycles. The van der Waals surface area contributed by atoms with Gasteiger partial charge in [-0.25, -0.2) is 13.8 Å². The number of nitrogens with zero attached hydrogens (tertiary/aromatic N) is 2. The Morgan fingerprint density at radius 3 is 2.16 bits per heavy atom. The number of hydrogen-bond donors (Lipinski definition) is 1. The molecule has 0 heterocycles. The summed E-state index contributed by atoms with van der Waals surface area (Å²) in [7, 11) is 0.897. The number of hydrazone groups is 1. The van der Waals surface area contributed by atoms with E-state index in [1.807, 2.05) is 6.92 Å². The van der Waals surface area contributed by atoms with Crippen LogP contribution in [0.3, 0.4) is 0 Å². The number of amides is 1. The van der Waals surface area contributed by atoms with E-state index < -0.39 is 22.5 Å². The topological polar surface area (TPSA) is 107 Å². The summed E-state index contributed by atoms with van der Waals surface area (Å²) in [6.45, 7) is 1.47. The van der Waals surface area contributed by atoms with E-state index in [0.717, 1.165) is 16.1 Å². The number of carbonyl (C=O) groups excluding carboxylic acids is 1. The molecule has 1 N–H and O–H groups in total. The molecule has 0 atom stereocenters. The van der Waals surface area contributed by atoms with Crippen LogP contribution in [0, 0.1) is 0 Å². The van der Waals surface area contributed by atoms with Crippen molar-refractivity contribution in [3.63, 3.8) is 0 Å². The van der Waals surface area contributed by atoms with Crippen molar-refractivity contribution in [1.82, 2.24) is 5.43 Å². The summed E-state index contributed by atoms with van der Waals surface area (Å²) in [5, 5.41) is 4.18. The number of sulfonamides is 1. The molecule has 0 aliphatic rings. The van der Waals surface area contributed by atoms with E-state index in [1.165, 1.54) is 14.2 Å². The van der Waals surface area contributed by atoms with Crippen LogP contribution >= 0.6 is 0 Å². The van der Waals surface area contributed by atoms with Gasteiger partial charge in [-0.1, -0.05) is 6.92 Å². The van der Waals surface area contributed by atoms with Crippen LogP contribution in [-0.2, 0) is 14.8 Å². The predicted octanol–water partition coefficient (Wildman–Crippen LogP) is 2.41. The molecule has 9 nitrogen and oxygen atoms in total. The maximum absolute atomic E-state index is 12.5. The molecule has 0 saturated heterocycles. The van der Waals surface area contributed by atoms with E-state index in [0.29, 0.717) is 35.1 Å². The Labute approximate surface area is 182 Å². The van der Waals surface area contributed by atoms with Gasteiger partial charge in [-0.2, -0.15) is 5.10 Å². The fourth-order valence-electron chi connectivity index (χ4n) is 2.81. The van der Waals surface area contributed by atoms with Crippen LogP contribution in [-0.4, -0.2) is 54.2 Å². The van der Waals surface area contributed by atoms with Crippen molar-refractivity contribution in [2.24, 2.45) is 5.10 Å². The fourth-order valence-corrected chi connectivity index (χ4v) is 3.66. The van der Waals surface area contributed by atoms with Gasteiger partial charge >= 0.3 is 0 Å². The maximum atomic E-state index is 12.5. The van der Waals surface area contributed by atoms with Gasteiger partial charge in [0.05, 0.1) is 39.0 Å². The van der Waals surface area contributed by atoms with E-state index in [2.05, 4.69) is 10.5 Å². The molecule has 0 spiro atoms. The molecule has 0 unspecified atom stereocenters. The Morgan fingerprint density at radius 2 is 1.65 bits per heavy atom. The van der Waals surface area contributed by atoms with Crippen LogP contribution in [0.2, 0.25) is 0 Å². The molecule has 31 heavy (non-hydrogen) atoms. The number of benzene rings is 2. The lowest BCUT2D eigenvalue weighted by atomic mass is 10.1. The first-order valence-electron chi connectivity index (χ1n) is 9.43. The minimum Gasteiger partial charge on any atom is -0.497 e. The smallest absolute Gasteiger partial charge is 0.260 e. The highest BCUT2D eigenvalue weighted by Gasteiger charge is 2.21. The average molecular weight is 450 g/mol. The number of rotatable bonds is 10. The monoisotopic (exact) mass is 449 g/mol. The molecule has 10 heteroatoms. The van der Waals surface area contributed by atoms with E-state index in [4.69, 9.17) is 14.2 Å². The summed E-state index contributed by atoms with van der Waals surface area (Å²) >= 11 is 0. The zero-order valence-corrected chi connectivity index (χ0v) is 19.0. The lowest BCUT2D eigenvalue weighted by Crippen LogP contribution is -2.39. The summed E-state index contributed by atoms with van der Waals surface area (Å²) in [4.78, 5) is 12.5. The lowest BCUT2D eigenvalue weighted by molar-refractivity contribution is -0.119. The minimum absolute atomic E-state index is 0.345. The molecule has 0 aliphatic heterocycles. The molecular formula is C21H27N3O6S. The highest BCUT2D eigenvalue weighted by atomic mass is 32.2. The Balaban J connectivity index is 2.20. The van der Waals surface area contributed by atoms with Gasteiger partial charge in [0.25, 0.3) is 5.91 Å². The van der Waals surface area contributed by atoms with Gasteiger partial charge in [0.2, 0.25) is 10.0 Å². The Kier molecular flexibility index (Phi) is 8.26. The van der Waals surface area contributed by atoms with Crippen LogP contribution < -0.4 is 23.9 Å². The van der Waals surface area contributed by atoms with Crippen molar-refractivity contribution >= 4 is 27.3 Å². The minimum atomic E-state index is -3.69. The van der Waals surface area contributed by atoms with Crippen LogP contribution in [0.5, 0.6) is 17.2 Å². The van der Waals surface area contributed by atoms with Gasteiger partial charge < -0.3 is 14.2 Å². The van der Waals surface area contributed by atoms with Crippen molar-refractivity contribution in [3.8, 4) is 17.2 Å². The molecular weight excluding hydrogens is 422 g/mol.